The number of halogens is 3. The molecule has 0 bridgehead atoms. The molecule has 154 valence electrons. The number of rotatable bonds is 6. The minimum atomic E-state index is -4.81. The van der Waals surface area contributed by atoms with Crippen LogP contribution in [0.15, 0.2) is 12.1 Å². The van der Waals surface area contributed by atoms with E-state index < -0.39 is 37.8 Å². The third-order valence-corrected chi connectivity index (χ3v) is 4.03. The van der Waals surface area contributed by atoms with E-state index in [0.29, 0.717) is 12.1 Å². The number of aromatic nitrogens is 4. The van der Waals surface area contributed by atoms with Crippen molar-refractivity contribution in [3.63, 3.8) is 0 Å². The van der Waals surface area contributed by atoms with Gasteiger partial charge in [0, 0.05) is 19.5 Å². The fourth-order valence-corrected chi connectivity index (χ4v) is 2.76. The number of nitrogens with one attached hydrogen (secondary N) is 1. The Morgan fingerprint density at radius 3 is 2.79 bits per heavy atom. The van der Waals surface area contributed by atoms with Crippen LogP contribution in [-0.4, -0.2) is 54.8 Å². The molecule has 0 aliphatic carbocycles. The summed E-state index contributed by atoms with van der Waals surface area (Å²) < 4.78 is 47.7. The van der Waals surface area contributed by atoms with Gasteiger partial charge in [0.25, 0.3) is 5.91 Å². The first-order chi connectivity index (χ1) is 13.2. The molecule has 1 aliphatic rings. The molecule has 2 aromatic rings. The Kier molecular flexibility index (Phi) is 5.69. The van der Waals surface area contributed by atoms with Crippen LogP contribution in [0.25, 0.3) is 0 Å². The van der Waals surface area contributed by atoms with Gasteiger partial charge in [-0.05, 0) is 6.07 Å². The SMILES string of the molecule is Cn1nc(COC(F)(F)F)cc1C(=O)Nc1cc(C2CC(O)CO2)nn1CO. The molecule has 0 radical (unpaired) electrons. The first-order valence-electron chi connectivity index (χ1n) is 8.19. The van der Waals surface area contributed by atoms with Crippen molar-refractivity contribution in [2.24, 2.45) is 7.05 Å². The largest absolute Gasteiger partial charge is 0.522 e. The number of aliphatic hydroxyl groups is 2. The number of ether oxygens (including phenoxy) is 2. The number of anilines is 1. The lowest BCUT2D eigenvalue weighted by Gasteiger charge is -2.06. The Balaban J connectivity index is 1.72. The molecule has 2 atom stereocenters. The summed E-state index contributed by atoms with van der Waals surface area (Å²) in [7, 11) is 1.40. The average Bonchev–Trinajstić information content (AvgIpc) is 3.30. The van der Waals surface area contributed by atoms with Crippen molar-refractivity contribution in [3.05, 3.63) is 29.2 Å². The van der Waals surface area contributed by atoms with E-state index in [9.17, 15) is 28.2 Å². The summed E-state index contributed by atoms with van der Waals surface area (Å²) in [5.74, 6) is -0.511. The van der Waals surface area contributed by atoms with Crippen LogP contribution in [-0.2, 0) is 29.9 Å². The smallest absolute Gasteiger partial charge is 0.391 e. The van der Waals surface area contributed by atoms with Gasteiger partial charge in [0.1, 0.15) is 31.0 Å². The van der Waals surface area contributed by atoms with Crippen molar-refractivity contribution < 1.29 is 37.7 Å². The quantitative estimate of drug-likeness (QED) is 0.646. The van der Waals surface area contributed by atoms with Crippen molar-refractivity contribution in [1.82, 2.24) is 19.6 Å². The van der Waals surface area contributed by atoms with Gasteiger partial charge in [0.05, 0.1) is 24.1 Å². The summed E-state index contributed by atoms with van der Waals surface area (Å²) in [5, 5.41) is 29.4. The lowest BCUT2D eigenvalue weighted by molar-refractivity contribution is -0.330. The van der Waals surface area contributed by atoms with E-state index in [2.05, 4.69) is 20.3 Å². The summed E-state index contributed by atoms with van der Waals surface area (Å²) in [5.41, 5.74) is 0.334. The molecule has 1 fully saturated rings. The first-order valence-corrected chi connectivity index (χ1v) is 8.19. The van der Waals surface area contributed by atoms with E-state index in [1.165, 1.54) is 13.1 Å². The highest BCUT2D eigenvalue weighted by Gasteiger charge is 2.30. The van der Waals surface area contributed by atoms with Gasteiger partial charge in [-0.3, -0.25) is 14.2 Å². The van der Waals surface area contributed by atoms with Gasteiger partial charge < -0.3 is 20.3 Å². The predicted octanol–water partition coefficient (Wildman–Crippen LogP) is 0.677. The second kappa shape index (κ2) is 7.87. The summed E-state index contributed by atoms with van der Waals surface area (Å²) >= 11 is 0. The predicted molar refractivity (Wildman–Crippen MR) is 85.8 cm³/mol. The molecule has 13 heteroatoms. The molecule has 0 spiro atoms. The number of aryl methyl sites for hydroxylation is 1. The number of hydrogen-bond donors (Lipinski definition) is 3. The van der Waals surface area contributed by atoms with Crippen LogP contribution in [0.4, 0.5) is 19.0 Å². The molecule has 2 unspecified atom stereocenters. The zero-order valence-corrected chi connectivity index (χ0v) is 14.7. The molecular weight excluding hydrogens is 387 g/mol. The normalized spacial score (nSPS) is 19.9. The van der Waals surface area contributed by atoms with Gasteiger partial charge in [0.15, 0.2) is 0 Å². The van der Waals surface area contributed by atoms with E-state index in [1.807, 2.05) is 0 Å². The standard InChI is InChI=1S/C15H18F3N5O5/c1-22-11(2-8(20-22)5-28-15(16,17)18)14(26)19-13-4-10(21-23(13)7-24)12-3-9(25)6-27-12/h2,4,9,12,24-25H,3,5-7H2,1H3,(H,19,26). The Morgan fingerprint density at radius 2 is 2.18 bits per heavy atom. The molecule has 3 heterocycles. The summed E-state index contributed by atoms with van der Waals surface area (Å²) in [6, 6.07) is 2.65. The number of carbonyl (C=O) groups is 1. The fourth-order valence-electron chi connectivity index (χ4n) is 2.76. The number of carbonyl (C=O) groups excluding carboxylic acids is 1. The van der Waals surface area contributed by atoms with Crippen molar-refractivity contribution in [2.45, 2.75) is 38.3 Å². The van der Waals surface area contributed by atoms with E-state index in [-0.39, 0.29) is 23.8 Å². The molecular formula is C15H18F3N5O5. The van der Waals surface area contributed by atoms with Crippen LogP contribution in [0.1, 0.15) is 34.4 Å². The van der Waals surface area contributed by atoms with Gasteiger partial charge in [-0.2, -0.15) is 10.2 Å². The Labute approximate surface area is 156 Å². The zero-order valence-electron chi connectivity index (χ0n) is 14.7. The van der Waals surface area contributed by atoms with Crippen LogP contribution >= 0.6 is 0 Å². The van der Waals surface area contributed by atoms with Crippen molar-refractivity contribution >= 4 is 11.7 Å². The maximum Gasteiger partial charge on any atom is 0.522 e. The van der Waals surface area contributed by atoms with Gasteiger partial charge in [0.2, 0.25) is 0 Å². The number of hydrogen-bond acceptors (Lipinski definition) is 7. The van der Waals surface area contributed by atoms with E-state index >= 15 is 0 Å². The summed E-state index contributed by atoms with van der Waals surface area (Å²) in [6.45, 7) is -1.19. The topological polar surface area (TPSA) is 124 Å². The van der Waals surface area contributed by atoms with Gasteiger partial charge in [-0.25, -0.2) is 4.68 Å². The average molecular weight is 405 g/mol. The van der Waals surface area contributed by atoms with Crippen molar-refractivity contribution in [2.75, 3.05) is 11.9 Å². The number of alkyl halides is 3. The lowest BCUT2D eigenvalue weighted by atomic mass is 10.1. The summed E-state index contributed by atoms with van der Waals surface area (Å²) in [6.07, 6.45) is -5.56. The van der Waals surface area contributed by atoms with Crippen LogP contribution in [0.3, 0.4) is 0 Å². The lowest BCUT2D eigenvalue weighted by Crippen LogP contribution is -2.18. The molecule has 28 heavy (non-hydrogen) atoms. The first kappa shape index (κ1) is 20.3. The van der Waals surface area contributed by atoms with E-state index in [4.69, 9.17) is 4.74 Å². The molecule has 2 aromatic heterocycles. The van der Waals surface area contributed by atoms with Crippen LogP contribution in [0, 0.1) is 0 Å². The highest BCUT2D eigenvalue weighted by Crippen LogP contribution is 2.29. The number of aliphatic hydroxyl groups excluding tert-OH is 2. The maximum absolute atomic E-state index is 12.5. The minimum Gasteiger partial charge on any atom is -0.391 e. The van der Waals surface area contributed by atoms with E-state index in [0.717, 1.165) is 15.4 Å². The van der Waals surface area contributed by atoms with Gasteiger partial charge in [-0.1, -0.05) is 0 Å². The maximum atomic E-state index is 12.5. The molecule has 1 amide bonds. The van der Waals surface area contributed by atoms with Crippen LogP contribution in [0.2, 0.25) is 0 Å². The van der Waals surface area contributed by atoms with Gasteiger partial charge in [-0.15, -0.1) is 13.2 Å². The van der Waals surface area contributed by atoms with Gasteiger partial charge >= 0.3 is 6.36 Å². The van der Waals surface area contributed by atoms with Crippen molar-refractivity contribution in [1.29, 1.82) is 0 Å². The third kappa shape index (κ3) is 4.67. The van der Waals surface area contributed by atoms with Crippen LogP contribution < -0.4 is 5.32 Å². The number of amides is 1. The molecule has 0 aromatic carbocycles. The molecule has 10 nitrogen and oxygen atoms in total. The number of nitrogens with zero attached hydrogens (tertiary/aromatic N) is 4. The monoisotopic (exact) mass is 405 g/mol. The fraction of sp³-hybridized carbons (Fsp3) is 0.533. The zero-order chi connectivity index (χ0) is 20.5. The molecule has 0 saturated carbocycles. The minimum absolute atomic E-state index is 0.0134. The Hall–Kier alpha value is -2.48. The molecule has 3 N–H and O–H groups in total. The van der Waals surface area contributed by atoms with Crippen molar-refractivity contribution in [3.8, 4) is 0 Å². The molecule has 1 saturated heterocycles. The highest BCUT2D eigenvalue weighted by atomic mass is 19.4. The van der Waals surface area contributed by atoms with E-state index in [1.54, 1.807) is 0 Å². The highest BCUT2D eigenvalue weighted by molar-refractivity contribution is 6.02. The second-order valence-electron chi connectivity index (χ2n) is 6.14. The summed E-state index contributed by atoms with van der Waals surface area (Å²) in [4.78, 5) is 12.5. The Bertz CT molecular complexity index is 850. The third-order valence-electron chi connectivity index (χ3n) is 4.03. The molecule has 1 aliphatic heterocycles. The van der Waals surface area contributed by atoms with Crippen LogP contribution in [0.5, 0.6) is 0 Å². The molecule has 3 rings (SSSR count). The second-order valence-corrected chi connectivity index (χ2v) is 6.14. The Morgan fingerprint density at radius 1 is 1.43 bits per heavy atom.